The van der Waals surface area contributed by atoms with Crippen molar-refractivity contribution in [1.82, 2.24) is 25.2 Å². The quantitative estimate of drug-likeness (QED) is 0.628. The fraction of sp³-hybridized carbons (Fsp3) is 0.278. The van der Waals surface area contributed by atoms with Crippen LogP contribution >= 0.6 is 11.6 Å². The van der Waals surface area contributed by atoms with Gasteiger partial charge in [0.1, 0.15) is 23.6 Å². The summed E-state index contributed by atoms with van der Waals surface area (Å²) >= 11 is 5.93. The zero-order valence-corrected chi connectivity index (χ0v) is 16.2. The summed E-state index contributed by atoms with van der Waals surface area (Å²) in [7, 11) is 0. The molecule has 0 aliphatic heterocycles. The molecule has 0 radical (unpaired) electrons. The molecule has 3 aromatic rings. The number of benzene rings is 1. The molecule has 9 nitrogen and oxygen atoms in total. The van der Waals surface area contributed by atoms with Crippen molar-refractivity contribution in [3.63, 3.8) is 0 Å². The Bertz CT molecular complexity index is 1060. The molecule has 2 aromatic heterocycles. The zero-order chi connectivity index (χ0) is 21.1. The number of nitrogens with one attached hydrogen (secondary N) is 1. The maximum Gasteiger partial charge on any atom is 0.316 e. The van der Waals surface area contributed by atoms with Gasteiger partial charge in [-0.25, -0.2) is 4.39 Å². The SMILES string of the molecule is CC(Cn1ccc(-c2cc(F)c(C#N)c(Cl)c2)n1)NC(=O)c1nc(C(C)O)no1. The lowest BCUT2D eigenvalue weighted by atomic mass is 10.1. The molecule has 29 heavy (non-hydrogen) atoms. The number of aromatic nitrogens is 4. The summed E-state index contributed by atoms with van der Waals surface area (Å²) in [6.45, 7) is 3.52. The van der Waals surface area contributed by atoms with Crippen LogP contribution < -0.4 is 5.32 Å². The third-order valence-electron chi connectivity index (χ3n) is 3.94. The highest BCUT2D eigenvalue weighted by molar-refractivity contribution is 6.32. The lowest BCUT2D eigenvalue weighted by Gasteiger charge is -2.12. The van der Waals surface area contributed by atoms with Gasteiger partial charge in [-0.1, -0.05) is 16.8 Å². The lowest BCUT2D eigenvalue weighted by Crippen LogP contribution is -2.36. The van der Waals surface area contributed by atoms with Gasteiger partial charge in [0.05, 0.1) is 17.3 Å². The second-order valence-corrected chi connectivity index (χ2v) is 6.77. The first kappa shape index (κ1) is 20.4. The van der Waals surface area contributed by atoms with E-state index in [4.69, 9.17) is 21.4 Å². The van der Waals surface area contributed by atoms with Crippen LogP contribution in [0.25, 0.3) is 11.3 Å². The van der Waals surface area contributed by atoms with Crippen LogP contribution in [0.2, 0.25) is 5.02 Å². The molecule has 0 saturated carbocycles. The van der Waals surface area contributed by atoms with Crippen molar-refractivity contribution in [2.24, 2.45) is 0 Å². The Kier molecular flexibility index (Phi) is 5.91. The number of halogens is 2. The van der Waals surface area contributed by atoms with Gasteiger partial charge in [0, 0.05) is 17.8 Å². The maximum absolute atomic E-state index is 13.9. The zero-order valence-electron chi connectivity index (χ0n) is 15.4. The fourth-order valence-electron chi connectivity index (χ4n) is 2.55. The Hall–Kier alpha value is -3.29. The second kappa shape index (κ2) is 8.38. The van der Waals surface area contributed by atoms with Gasteiger partial charge in [0.2, 0.25) is 5.82 Å². The van der Waals surface area contributed by atoms with Crippen molar-refractivity contribution < 1.29 is 18.8 Å². The van der Waals surface area contributed by atoms with Crippen LogP contribution in [-0.4, -0.2) is 37.0 Å². The number of nitrogens with zero attached hydrogens (tertiary/aromatic N) is 5. The van der Waals surface area contributed by atoms with Crippen LogP contribution in [-0.2, 0) is 6.54 Å². The van der Waals surface area contributed by atoms with Gasteiger partial charge < -0.3 is 14.9 Å². The molecule has 11 heteroatoms. The molecule has 2 atom stereocenters. The second-order valence-electron chi connectivity index (χ2n) is 6.36. The highest BCUT2D eigenvalue weighted by Crippen LogP contribution is 2.26. The van der Waals surface area contributed by atoms with Crippen molar-refractivity contribution in [2.75, 3.05) is 0 Å². The Morgan fingerprint density at radius 1 is 1.48 bits per heavy atom. The molecule has 0 spiro atoms. The first-order valence-electron chi connectivity index (χ1n) is 8.54. The van der Waals surface area contributed by atoms with Gasteiger partial charge >= 0.3 is 11.8 Å². The average molecular weight is 419 g/mol. The topological polar surface area (TPSA) is 130 Å². The minimum Gasteiger partial charge on any atom is -0.385 e. The molecular formula is C18H16ClFN6O3. The minimum absolute atomic E-state index is 0.00815. The summed E-state index contributed by atoms with van der Waals surface area (Å²) in [4.78, 5) is 16.0. The summed E-state index contributed by atoms with van der Waals surface area (Å²) in [5.41, 5.74) is 0.678. The number of aliphatic hydroxyl groups is 1. The Morgan fingerprint density at radius 2 is 2.24 bits per heavy atom. The molecule has 1 aromatic carbocycles. The number of hydrogen-bond donors (Lipinski definition) is 2. The lowest BCUT2D eigenvalue weighted by molar-refractivity contribution is 0.0891. The average Bonchev–Trinajstić information content (AvgIpc) is 3.31. The predicted octanol–water partition coefficient (Wildman–Crippen LogP) is 2.47. The number of carbonyl (C=O) groups excluding carboxylic acids is 1. The minimum atomic E-state index is -0.944. The van der Waals surface area contributed by atoms with Crippen molar-refractivity contribution in [3.05, 3.63) is 52.5 Å². The van der Waals surface area contributed by atoms with E-state index in [1.54, 1.807) is 29.9 Å². The number of rotatable bonds is 6. The number of carbonyl (C=O) groups is 1. The van der Waals surface area contributed by atoms with Crippen molar-refractivity contribution >= 4 is 17.5 Å². The highest BCUT2D eigenvalue weighted by atomic mass is 35.5. The van der Waals surface area contributed by atoms with Crippen LogP contribution in [0.15, 0.2) is 28.9 Å². The fourth-order valence-corrected chi connectivity index (χ4v) is 2.80. The molecular weight excluding hydrogens is 403 g/mol. The van der Waals surface area contributed by atoms with Crippen LogP contribution in [0.3, 0.4) is 0 Å². The van der Waals surface area contributed by atoms with Crippen LogP contribution in [0.4, 0.5) is 4.39 Å². The summed E-state index contributed by atoms with van der Waals surface area (Å²) in [6, 6.07) is 5.69. The van der Waals surface area contributed by atoms with Gasteiger partial charge in [-0.05, 0) is 32.0 Å². The van der Waals surface area contributed by atoms with E-state index in [1.165, 1.54) is 19.1 Å². The molecule has 3 rings (SSSR count). The van der Waals surface area contributed by atoms with Crippen LogP contribution in [0.5, 0.6) is 0 Å². The molecule has 0 bridgehead atoms. The number of amides is 1. The molecule has 0 aliphatic carbocycles. The molecule has 150 valence electrons. The van der Waals surface area contributed by atoms with E-state index in [2.05, 4.69) is 20.6 Å². The van der Waals surface area contributed by atoms with E-state index in [1.807, 2.05) is 0 Å². The highest BCUT2D eigenvalue weighted by Gasteiger charge is 2.19. The van der Waals surface area contributed by atoms with E-state index in [0.29, 0.717) is 17.8 Å². The Balaban J connectivity index is 1.66. The monoisotopic (exact) mass is 418 g/mol. The maximum atomic E-state index is 13.9. The Labute approximate surface area is 169 Å². The molecule has 2 heterocycles. The van der Waals surface area contributed by atoms with Crippen LogP contribution in [0.1, 0.15) is 42.0 Å². The van der Waals surface area contributed by atoms with Crippen molar-refractivity contribution in [1.29, 1.82) is 5.26 Å². The number of aliphatic hydroxyl groups excluding tert-OH is 1. The van der Waals surface area contributed by atoms with E-state index in [9.17, 15) is 14.3 Å². The van der Waals surface area contributed by atoms with Gasteiger partial charge in [-0.15, -0.1) is 0 Å². The van der Waals surface area contributed by atoms with E-state index in [0.717, 1.165) is 0 Å². The largest absolute Gasteiger partial charge is 0.385 e. The first-order valence-corrected chi connectivity index (χ1v) is 8.91. The summed E-state index contributed by atoms with van der Waals surface area (Å²) in [5, 5.41) is 28.8. The van der Waals surface area contributed by atoms with Crippen LogP contribution in [0, 0.1) is 17.1 Å². The number of nitriles is 1. The summed E-state index contributed by atoms with van der Waals surface area (Å²) in [6.07, 6.45) is 0.723. The predicted molar refractivity (Wildman–Crippen MR) is 99.2 cm³/mol. The molecule has 2 N–H and O–H groups in total. The van der Waals surface area contributed by atoms with E-state index >= 15 is 0 Å². The van der Waals surface area contributed by atoms with Gasteiger partial charge in [0.25, 0.3) is 0 Å². The van der Waals surface area contributed by atoms with Gasteiger partial charge in [-0.2, -0.15) is 15.3 Å². The standard InChI is InChI=1S/C18H16ClFN6O3/c1-9(22-17(28)18-23-16(10(2)27)25-29-18)8-26-4-3-15(24-26)11-5-13(19)12(7-21)14(20)6-11/h3-6,9-10,27H,8H2,1-2H3,(H,22,28). The number of hydrogen-bond acceptors (Lipinski definition) is 7. The van der Waals surface area contributed by atoms with E-state index < -0.39 is 17.8 Å². The normalized spacial score (nSPS) is 13.0. The molecule has 0 aliphatic rings. The first-order chi connectivity index (χ1) is 13.8. The van der Waals surface area contributed by atoms with Gasteiger partial charge in [0.15, 0.2) is 0 Å². The van der Waals surface area contributed by atoms with E-state index in [-0.39, 0.29) is 28.3 Å². The molecule has 0 fully saturated rings. The molecule has 1 amide bonds. The van der Waals surface area contributed by atoms with Crippen molar-refractivity contribution in [2.45, 2.75) is 32.5 Å². The smallest absolute Gasteiger partial charge is 0.316 e. The third-order valence-corrected chi connectivity index (χ3v) is 4.24. The third kappa shape index (κ3) is 4.59. The summed E-state index contributed by atoms with van der Waals surface area (Å²) in [5.74, 6) is -1.53. The molecule has 2 unspecified atom stereocenters. The van der Waals surface area contributed by atoms with Gasteiger partial charge in [-0.3, -0.25) is 9.48 Å². The van der Waals surface area contributed by atoms with Crippen molar-refractivity contribution in [3.8, 4) is 17.3 Å². The molecule has 0 saturated heterocycles. The Morgan fingerprint density at radius 3 is 2.86 bits per heavy atom. The summed E-state index contributed by atoms with van der Waals surface area (Å²) < 4.78 is 20.3.